The van der Waals surface area contributed by atoms with E-state index in [0.717, 1.165) is 30.9 Å². The number of halogens is 1. The van der Waals surface area contributed by atoms with Crippen LogP contribution >= 0.6 is 11.6 Å². The minimum absolute atomic E-state index is 0.00145. The fraction of sp³-hybridized carbons (Fsp3) is 0.368. The number of hydrogen-bond acceptors (Lipinski definition) is 4. The molecule has 1 saturated heterocycles. The van der Waals surface area contributed by atoms with Crippen LogP contribution in [0.2, 0.25) is 5.02 Å². The predicted octanol–water partition coefficient (Wildman–Crippen LogP) is 4.36. The second-order valence-electron chi connectivity index (χ2n) is 6.40. The maximum atomic E-state index is 12.6. The molecule has 0 bridgehead atoms. The molecule has 1 aliphatic rings. The Kier molecular flexibility index (Phi) is 5.43. The fourth-order valence-corrected chi connectivity index (χ4v) is 3.24. The first-order chi connectivity index (χ1) is 12.1. The Morgan fingerprint density at radius 1 is 1.36 bits per heavy atom. The van der Waals surface area contributed by atoms with Gasteiger partial charge in [-0.1, -0.05) is 18.5 Å². The Hall–Kier alpha value is -2.27. The molecule has 0 radical (unpaired) electrons. The highest BCUT2D eigenvalue weighted by atomic mass is 35.5. The van der Waals surface area contributed by atoms with Crippen molar-refractivity contribution in [1.29, 1.82) is 0 Å². The summed E-state index contributed by atoms with van der Waals surface area (Å²) in [4.78, 5) is 18.8. The number of likely N-dealkylation sites (tertiary alicyclic amines) is 1. The summed E-state index contributed by atoms with van der Waals surface area (Å²) in [5.74, 6) is 1.24. The summed E-state index contributed by atoms with van der Waals surface area (Å²) < 4.78 is 5.32. The summed E-state index contributed by atoms with van der Waals surface area (Å²) in [6.07, 6.45) is 3.89. The SMILES string of the molecule is COc1ccc(Cl)cc1Nc1ccc(C(=O)N2CCCC(C)C2)nc1. The molecule has 132 valence electrons. The highest BCUT2D eigenvalue weighted by Crippen LogP contribution is 2.30. The van der Waals surface area contributed by atoms with Crippen LogP contribution in [0.5, 0.6) is 5.75 Å². The van der Waals surface area contributed by atoms with Crippen LogP contribution in [0, 0.1) is 5.92 Å². The summed E-state index contributed by atoms with van der Waals surface area (Å²) >= 11 is 6.04. The summed E-state index contributed by atoms with van der Waals surface area (Å²) in [6.45, 7) is 3.79. The van der Waals surface area contributed by atoms with Crippen LogP contribution in [0.25, 0.3) is 0 Å². The quantitative estimate of drug-likeness (QED) is 0.881. The number of carbonyl (C=O) groups is 1. The number of ether oxygens (including phenoxy) is 1. The van der Waals surface area contributed by atoms with Crippen molar-refractivity contribution in [2.24, 2.45) is 5.92 Å². The molecule has 2 heterocycles. The zero-order valence-electron chi connectivity index (χ0n) is 14.5. The van der Waals surface area contributed by atoms with Gasteiger partial charge < -0.3 is 15.0 Å². The van der Waals surface area contributed by atoms with Gasteiger partial charge in [0.2, 0.25) is 0 Å². The van der Waals surface area contributed by atoms with Crippen LogP contribution in [0.4, 0.5) is 11.4 Å². The maximum Gasteiger partial charge on any atom is 0.272 e. The number of piperidine rings is 1. The van der Waals surface area contributed by atoms with E-state index in [2.05, 4.69) is 17.2 Å². The first-order valence-electron chi connectivity index (χ1n) is 8.42. The molecule has 0 spiro atoms. The molecule has 25 heavy (non-hydrogen) atoms. The predicted molar refractivity (Wildman–Crippen MR) is 99.8 cm³/mol. The van der Waals surface area contributed by atoms with E-state index in [0.29, 0.717) is 22.4 Å². The largest absolute Gasteiger partial charge is 0.495 e. The molecule has 1 aromatic heterocycles. The van der Waals surface area contributed by atoms with Crippen molar-refractivity contribution in [1.82, 2.24) is 9.88 Å². The van der Waals surface area contributed by atoms with Gasteiger partial charge in [0.25, 0.3) is 5.91 Å². The number of hydrogen-bond donors (Lipinski definition) is 1. The highest BCUT2D eigenvalue weighted by molar-refractivity contribution is 6.31. The van der Waals surface area contributed by atoms with Gasteiger partial charge >= 0.3 is 0 Å². The Morgan fingerprint density at radius 2 is 2.20 bits per heavy atom. The van der Waals surface area contributed by atoms with Gasteiger partial charge in [0.15, 0.2) is 0 Å². The summed E-state index contributed by atoms with van der Waals surface area (Å²) in [5, 5.41) is 3.83. The number of nitrogens with one attached hydrogen (secondary N) is 1. The topological polar surface area (TPSA) is 54.5 Å². The van der Waals surface area contributed by atoms with Gasteiger partial charge in [-0.2, -0.15) is 0 Å². The van der Waals surface area contributed by atoms with E-state index in [1.165, 1.54) is 6.42 Å². The van der Waals surface area contributed by atoms with Gasteiger partial charge in [0.1, 0.15) is 11.4 Å². The Bertz CT molecular complexity index is 749. The molecule has 3 rings (SSSR count). The molecule has 0 saturated carbocycles. The van der Waals surface area contributed by atoms with Crippen molar-refractivity contribution in [3.8, 4) is 5.75 Å². The first-order valence-corrected chi connectivity index (χ1v) is 8.80. The van der Waals surface area contributed by atoms with Gasteiger partial charge in [-0.3, -0.25) is 4.79 Å². The molecule has 6 heteroatoms. The summed E-state index contributed by atoms with van der Waals surface area (Å²) in [5.41, 5.74) is 1.99. The third kappa shape index (κ3) is 4.23. The van der Waals surface area contributed by atoms with E-state index < -0.39 is 0 Å². The van der Waals surface area contributed by atoms with Crippen molar-refractivity contribution in [2.45, 2.75) is 19.8 Å². The van der Waals surface area contributed by atoms with E-state index in [1.807, 2.05) is 11.0 Å². The lowest BCUT2D eigenvalue weighted by molar-refractivity contribution is 0.0677. The second-order valence-corrected chi connectivity index (χ2v) is 6.84. The Labute approximate surface area is 153 Å². The smallest absolute Gasteiger partial charge is 0.272 e. The third-order valence-electron chi connectivity index (χ3n) is 4.37. The monoisotopic (exact) mass is 359 g/mol. The number of pyridine rings is 1. The number of nitrogens with zero attached hydrogens (tertiary/aromatic N) is 2. The van der Waals surface area contributed by atoms with Crippen molar-refractivity contribution in [3.63, 3.8) is 0 Å². The van der Waals surface area contributed by atoms with E-state index in [-0.39, 0.29) is 5.91 Å². The number of benzene rings is 1. The molecule has 0 aliphatic carbocycles. The lowest BCUT2D eigenvalue weighted by atomic mass is 10.00. The lowest BCUT2D eigenvalue weighted by Crippen LogP contribution is -2.39. The molecular formula is C19H22ClN3O2. The van der Waals surface area contributed by atoms with Crippen LogP contribution in [0.1, 0.15) is 30.3 Å². The number of carbonyl (C=O) groups excluding carboxylic acids is 1. The summed E-state index contributed by atoms with van der Waals surface area (Å²) in [6, 6.07) is 8.95. The zero-order chi connectivity index (χ0) is 17.8. The molecule has 2 aromatic rings. The molecule has 1 N–H and O–H groups in total. The number of rotatable bonds is 4. The van der Waals surface area contributed by atoms with Crippen LogP contribution in [-0.2, 0) is 0 Å². The molecule has 1 aromatic carbocycles. The first kappa shape index (κ1) is 17.5. The molecular weight excluding hydrogens is 338 g/mol. The Morgan fingerprint density at radius 3 is 2.88 bits per heavy atom. The molecule has 1 atom stereocenters. The standard InChI is InChI=1S/C19H22ClN3O2/c1-13-4-3-9-23(12-13)19(24)16-7-6-15(11-21-16)22-17-10-14(20)5-8-18(17)25-2/h5-8,10-11,13,22H,3-4,9,12H2,1-2H3. The van der Waals surface area contributed by atoms with Gasteiger partial charge in [0.05, 0.1) is 24.7 Å². The molecule has 1 unspecified atom stereocenters. The van der Waals surface area contributed by atoms with Gasteiger partial charge in [0, 0.05) is 18.1 Å². The van der Waals surface area contributed by atoms with Crippen molar-refractivity contribution in [2.75, 3.05) is 25.5 Å². The van der Waals surface area contributed by atoms with Crippen LogP contribution < -0.4 is 10.1 Å². The number of methoxy groups -OCH3 is 1. The van der Waals surface area contributed by atoms with Crippen LogP contribution in [-0.4, -0.2) is 36.0 Å². The second kappa shape index (κ2) is 7.74. The van der Waals surface area contributed by atoms with E-state index in [9.17, 15) is 4.79 Å². The van der Waals surface area contributed by atoms with Gasteiger partial charge in [-0.25, -0.2) is 4.98 Å². The molecule has 1 aliphatic heterocycles. The van der Waals surface area contributed by atoms with Crippen molar-refractivity contribution in [3.05, 3.63) is 47.2 Å². The van der Waals surface area contributed by atoms with E-state index in [1.54, 1.807) is 37.6 Å². The lowest BCUT2D eigenvalue weighted by Gasteiger charge is -2.30. The van der Waals surface area contributed by atoms with Crippen LogP contribution in [0.15, 0.2) is 36.5 Å². The van der Waals surface area contributed by atoms with Gasteiger partial charge in [-0.15, -0.1) is 0 Å². The molecule has 1 amide bonds. The Balaban J connectivity index is 1.72. The number of amides is 1. The minimum atomic E-state index is -0.00145. The number of anilines is 2. The van der Waals surface area contributed by atoms with Crippen LogP contribution in [0.3, 0.4) is 0 Å². The maximum absolute atomic E-state index is 12.6. The van der Waals surface area contributed by atoms with E-state index in [4.69, 9.17) is 16.3 Å². The average Bonchev–Trinajstić information content (AvgIpc) is 2.62. The van der Waals surface area contributed by atoms with E-state index >= 15 is 0 Å². The van der Waals surface area contributed by atoms with Crippen molar-refractivity contribution >= 4 is 28.9 Å². The zero-order valence-corrected chi connectivity index (χ0v) is 15.2. The normalized spacial score (nSPS) is 17.2. The summed E-state index contributed by atoms with van der Waals surface area (Å²) in [7, 11) is 1.61. The minimum Gasteiger partial charge on any atom is -0.495 e. The fourth-order valence-electron chi connectivity index (χ4n) is 3.06. The highest BCUT2D eigenvalue weighted by Gasteiger charge is 2.22. The molecule has 1 fully saturated rings. The van der Waals surface area contributed by atoms with Gasteiger partial charge in [-0.05, 0) is 49.1 Å². The third-order valence-corrected chi connectivity index (χ3v) is 4.60. The number of aromatic nitrogens is 1. The average molecular weight is 360 g/mol. The van der Waals surface area contributed by atoms with Crippen molar-refractivity contribution < 1.29 is 9.53 Å². The molecule has 5 nitrogen and oxygen atoms in total.